The highest BCUT2D eigenvalue weighted by atomic mass is 16.6. The Morgan fingerprint density at radius 3 is 3.21 bits per heavy atom. The number of rotatable bonds is 4. The van der Waals surface area contributed by atoms with Gasteiger partial charge in [0.15, 0.2) is 5.58 Å². The zero-order valence-corrected chi connectivity index (χ0v) is 10.2. The summed E-state index contributed by atoms with van der Waals surface area (Å²) in [4.78, 5) is 14.3. The molecule has 100 valence electrons. The van der Waals surface area contributed by atoms with Crippen molar-refractivity contribution in [1.29, 1.82) is 0 Å². The lowest BCUT2D eigenvalue weighted by molar-refractivity contribution is -0.384. The molecule has 2 aromatic rings. The smallest absolute Gasteiger partial charge is 0.394 e. The minimum absolute atomic E-state index is 0.00709. The van der Waals surface area contributed by atoms with Crippen molar-refractivity contribution in [2.45, 2.75) is 6.42 Å². The summed E-state index contributed by atoms with van der Waals surface area (Å²) >= 11 is 0. The molecular formula is C12H13N3O4. The number of hydrogen-bond acceptors (Lipinski definition) is 6. The maximum Gasteiger partial charge on any atom is 0.394 e. The monoisotopic (exact) mass is 263 g/mol. The summed E-state index contributed by atoms with van der Waals surface area (Å²) in [7, 11) is 0. The molecule has 0 amide bonds. The molecule has 2 heterocycles. The van der Waals surface area contributed by atoms with Crippen LogP contribution < -0.4 is 10.1 Å². The van der Waals surface area contributed by atoms with Crippen molar-refractivity contribution in [3.63, 3.8) is 0 Å². The van der Waals surface area contributed by atoms with Crippen molar-refractivity contribution in [1.82, 2.24) is 10.3 Å². The predicted molar refractivity (Wildman–Crippen MR) is 67.1 cm³/mol. The number of non-ortho nitro benzene ring substituents is 1. The molecule has 0 bridgehead atoms. The normalized spacial score (nSPS) is 18.8. The Labute approximate surface area is 108 Å². The van der Waals surface area contributed by atoms with Crippen molar-refractivity contribution in [3.8, 4) is 6.08 Å². The van der Waals surface area contributed by atoms with Gasteiger partial charge in [0, 0.05) is 24.6 Å². The number of ether oxygens (including phenoxy) is 1. The molecule has 0 saturated carbocycles. The van der Waals surface area contributed by atoms with Crippen LogP contribution in [0.15, 0.2) is 22.6 Å². The molecule has 1 fully saturated rings. The first-order chi connectivity index (χ1) is 9.22. The third kappa shape index (κ3) is 2.50. The maximum atomic E-state index is 10.7. The van der Waals surface area contributed by atoms with E-state index in [0.29, 0.717) is 23.6 Å². The quantitative estimate of drug-likeness (QED) is 0.667. The SMILES string of the molecule is O=[N+]([O-])c1ccc2oc(OC[C@H]3CCNC3)nc2c1. The standard InChI is InChI=1S/C12H13N3O4/c16-15(17)9-1-2-11-10(5-9)14-12(19-11)18-7-8-3-4-13-6-8/h1-2,5,8,13H,3-4,6-7H2/t8-/m0/s1. The maximum absolute atomic E-state index is 10.7. The first kappa shape index (κ1) is 11.9. The van der Waals surface area contributed by atoms with E-state index in [-0.39, 0.29) is 11.8 Å². The second-order valence-corrected chi connectivity index (χ2v) is 4.56. The van der Waals surface area contributed by atoms with Crippen LogP contribution in [0.3, 0.4) is 0 Å². The van der Waals surface area contributed by atoms with E-state index in [9.17, 15) is 10.1 Å². The Balaban J connectivity index is 1.75. The van der Waals surface area contributed by atoms with Crippen LogP contribution in [0, 0.1) is 16.0 Å². The Bertz CT molecular complexity index is 604. The number of nitrogens with one attached hydrogen (secondary N) is 1. The molecule has 0 aliphatic carbocycles. The van der Waals surface area contributed by atoms with Crippen LogP contribution in [0.2, 0.25) is 0 Å². The van der Waals surface area contributed by atoms with E-state index in [0.717, 1.165) is 19.5 Å². The van der Waals surface area contributed by atoms with Crippen molar-refractivity contribution < 1.29 is 14.1 Å². The lowest BCUT2D eigenvalue weighted by Gasteiger charge is -2.06. The van der Waals surface area contributed by atoms with Crippen molar-refractivity contribution >= 4 is 16.8 Å². The van der Waals surface area contributed by atoms with Crippen LogP contribution in [-0.4, -0.2) is 29.6 Å². The fourth-order valence-electron chi connectivity index (χ4n) is 2.12. The van der Waals surface area contributed by atoms with Crippen molar-refractivity contribution in [3.05, 3.63) is 28.3 Å². The Hall–Kier alpha value is -2.15. The molecule has 0 spiro atoms. The molecule has 19 heavy (non-hydrogen) atoms. The summed E-state index contributed by atoms with van der Waals surface area (Å²) in [6.07, 6.45) is 1.24. The number of benzene rings is 1. The van der Waals surface area contributed by atoms with Crippen LogP contribution in [0.4, 0.5) is 5.69 Å². The van der Waals surface area contributed by atoms with E-state index < -0.39 is 4.92 Å². The fourth-order valence-corrected chi connectivity index (χ4v) is 2.12. The molecule has 1 aliphatic heterocycles. The molecule has 1 atom stereocenters. The van der Waals surface area contributed by atoms with Gasteiger partial charge in [0.1, 0.15) is 5.52 Å². The third-order valence-corrected chi connectivity index (χ3v) is 3.17. The third-order valence-electron chi connectivity index (χ3n) is 3.17. The number of fused-ring (bicyclic) bond motifs is 1. The minimum Gasteiger partial charge on any atom is -0.450 e. The topological polar surface area (TPSA) is 90.4 Å². The Kier molecular flexibility index (Phi) is 3.04. The highest BCUT2D eigenvalue weighted by molar-refractivity contribution is 5.75. The lowest BCUT2D eigenvalue weighted by atomic mass is 10.1. The van der Waals surface area contributed by atoms with Gasteiger partial charge in [-0.2, -0.15) is 4.98 Å². The molecule has 1 aromatic heterocycles. The highest BCUT2D eigenvalue weighted by Gasteiger charge is 2.17. The Morgan fingerprint density at radius 2 is 2.47 bits per heavy atom. The molecule has 0 radical (unpaired) electrons. The summed E-state index contributed by atoms with van der Waals surface area (Å²) in [5, 5.41) is 13.9. The highest BCUT2D eigenvalue weighted by Crippen LogP contribution is 2.25. The number of nitro groups is 1. The first-order valence-electron chi connectivity index (χ1n) is 6.11. The van der Waals surface area contributed by atoms with Gasteiger partial charge in [-0.25, -0.2) is 0 Å². The number of nitrogens with zero attached hydrogens (tertiary/aromatic N) is 2. The Morgan fingerprint density at radius 1 is 1.58 bits per heavy atom. The van der Waals surface area contributed by atoms with E-state index in [2.05, 4.69) is 10.3 Å². The predicted octanol–water partition coefficient (Wildman–Crippen LogP) is 1.72. The molecule has 1 aromatic carbocycles. The summed E-state index contributed by atoms with van der Waals surface area (Å²) in [6.45, 7) is 2.49. The van der Waals surface area contributed by atoms with Crippen LogP contribution in [0.1, 0.15) is 6.42 Å². The second-order valence-electron chi connectivity index (χ2n) is 4.56. The average molecular weight is 263 g/mol. The number of oxazole rings is 1. The molecule has 1 N–H and O–H groups in total. The summed E-state index contributed by atoms with van der Waals surface area (Å²) < 4.78 is 10.9. The number of nitro benzene ring substituents is 1. The van der Waals surface area contributed by atoms with Crippen molar-refractivity contribution in [2.75, 3.05) is 19.7 Å². The van der Waals surface area contributed by atoms with Crippen LogP contribution in [0.25, 0.3) is 11.1 Å². The zero-order valence-electron chi connectivity index (χ0n) is 10.2. The van der Waals surface area contributed by atoms with Gasteiger partial charge in [0.25, 0.3) is 5.69 Å². The lowest BCUT2D eigenvalue weighted by Crippen LogP contribution is -2.15. The molecular weight excluding hydrogens is 250 g/mol. The van der Waals surface area contributed by atoms with Gasteiger partial charge in [0.2, 0.25) is 0 Å². The second kappa shape index (κ2) is 4.85. The van der Waals surface area contributed by atoms with Gasteiger partial charge in [-0.1, -0.05) is 0 Å². The zero-order chi connectivity index (χ0) is 13.2. The van der Waals surface area contributed by atoms with Crippen LogP contribution >= 0.6 is 0 Å². The van der Waals surface area contributed by atoms with Crippen LogP contribution in [-0.2, 0) is 0 Å². The number of aromatic nitrogens is 1. The largest absolute Gasteiger partial charge is 0.450 e. The molecule has 3 rings (SSSR count). The van der Waals surface area contributed by atoms with Gasteiger partial charge in [0.05, 0.1) is 11.5 Å². The van der Waals surface area contributed by atoms with Gasteiger partial charge >= 0.3 is 6.08 Å². The van der Waals surface area contributed by atoms with Gasteiger partial charge in [-0.3, -0.25) is 10.1 Å². The van der Waals surface area contributed by atoms with Gasteiger partial charge in [-0.15, -0.1) is 0 Å². The van der Waals surface area contributed by atoms with Gasteiger partial charge < -0.3 is 14.5 Å². The minimum atomic E-state index is -0.459. The number of hydrogen-bond donors (Lipinski definition) is 1. The molecule has 1 saturated heterocycles. The molecule has 7 heteroatoms. The van der Waals surface area contributed by atoms with E-state index in [4.69, 9.17) is 9.15 Å². The summed E-state index contributed by atoms with van der Waals surface area (Å²) in [6, 6.07) is 4.30. The summed E-state index contributed by atoms with van der Waals surface area (Å²) in [5.41, 5.74) is 0.922. The summed E-state index contributed by atoms with van der Waals surface area (Å²) in [5.74, 6) is 0.462. The van der Waals surface area contributed by atoms with E-state index in [1.165, 1.54) is 18.2 Å². The van der Waals surface area contributed by atoms with Gasteiger partial charge in [-0.05, 0) is 19.0 Å². The molecule has 7 nitrogen and oxygen atoms in total. The van der Waals surface area contributed by atoms with E-state index in [1.54, 1.807) is 0 Å². The van der Waals surface area contributed by atoms with E-state index >= 15 is 0 Å². The van der Waals surface area contributed by atoms with Crippen LogP contribution in [0.5, 0.6) is 6.08 Å². The molecule has 1 aliphatic rings. The first-order valence-corrected chi connectivity index (χ1v) is 6.11. The molecule has 0 unspecified atom stereocenters. The average Bonchev–Trinajstić information content (AvgIpc) is 3.04. The van der Waals surface area contributed by atoms with E-state index in [1.807, 2.05) is 0 Å². The fraction of sp³-hybridized carbons (Fsp3) is 0.417. The van der Waals surface area contributed by atoms with Crippen molar-refractivity contribution in [2.24, 2.45) is 5.92 Å².